The molecular formula is C24H31N3O2. The van der Waals surface area contributed by atoms with Gasteiger partial charge in [0.15, 0.2) is 0 Å². The Labute approximate surface area is 173 Å². The second-order valence-electron chi connectivity index (χ2n) is 7.74. The highest BCUT2D eigenvalue weighted by molar-refractivity contribution is 5.89. The summed E-state index contributed by atoms with van der Waals surface area (Å²) >= 11 is 0. The van der Waals surface area contributed by atoms with E-state index in [0.717, 1.165) is 24.1 Å². The number of aryl methyl sites for hydroxylation is 1. The van der Waals surface area contributed by atoms with E-state index in [1.54, 1.807) is 11.0 Å². The second-order valence-corrected chi connectivity index (χ2v) is 7.74. The van der Waals surface area contributed by atoms with Crippen molar-refractivity contribution < 1.29 is 9.59 Å². The summed E-state index contributed by atoms with van der Waals surface area (Å²) in [6.45, 7) is 6.85. The number of benzene rings is 1. The van der Waals surface area contributed by atoms with Gasteiger partial charge in [-0.25, -0.2) is 0 Å². The van der Waals surface area contributed by atoms with E-state index >= 15 is 0 Å². The van der Waals surface area contributed by atoms with Gasteiger partial charge in [0.25, 0.3) is 0 Å². The topological polar surface area (TPSA) is 45.6 Å². The largest absolute Gasteiger partial charge is 0.353 e. The summed E-state index contributed by atoms with van der Waals surface area (Å²) in [5.41, 5.74) is 2.09. The zero-order valence-electron chi connectivity index (χ0n) is 17.5. The molecule has 1 heterocycles. The van der Waals surface area contributed by atoms with Crippen LogP contribution in [0.4, 0.5) is 0 Å². The molecule has 3 rings (SSSR count). The lowest BCUT2D eigenvalue weighted by Gasteiger charge is -2.29. The van der Waals surface area contributed by atoms with Gasteiger partial charge in [-0.15, -0.1) is 6.58 Å². The fourth-order valence-corrected chi connectivity index (χ4v) is 3.74. The van der Waals surface area contributed by atoms with Crippen molar-refractivity contribution in [3.63, 3.8) is 0 Å². The average Bonchev–Trinajstić information content (AvgIpc) is 3.49. The highest BCUT2D eigenvalue weighted by Crippen LogP contribution is 2.29. The van der Waals surface area contributed by atoms with Crippen LogP contribution in [-0.4, -0.2) is 45.3 Å². The molecule has 0 spiro atoms. The fourth-order valence-electron chi connectivity index (χ4n) is 3.74. The predicted molar refractivity (Wildman–Crippen MR) is 115 cm³/mol. The molecule has 1 fully saturated rings. The Morgan fingerprint density at radius 1 is 1.21 bits per heavy atom. The van der Waals surface area contributed by atoms with E-state index in [-0.39, 0.29) is 30.3 Å². The molecular weight excluding hydrogens is 362 g/mol. The van der Waals surface area contributed by atoms with Gasteiger partial charge in [0, 0.05) is 31.5 Å². The lowest BCUT2D eigenvalue weighted by atomic mass is 9.95. The van der Waals surface area contributed by atoms with Crippen LogP contribution >= 0.6 is 0 Å². The summed E-state index contributed by atoms with van der Waals surface area (Å²) in [4.78, 5) is 30.1. The molecule has 2 aromatic rings. The van der Waals surface area contributed by atoms with E-state index in [2.05, 4.69) is 6.58 Å². The van der Waals surface area contributed by atoms with Crippen molar-refractivity contribution in [2.75, 3.05) is 13.1 Å². The van der Waals surface area contributed by atoms with E-state index in [1.165, 1.54) is 0 Å². The molecule has 2 amide bonds. The van der Waals surface area contributed by atoms with Gasteiger partial charge in [0.2, 0.25) is 11.8 Å². The SMILES string of the molecule is C=CCN(CC(=O)N(Cc1cccn1C)C1CC1)C(=O)C(CC)c1ccccc1. The van der Waals surface area contributed by atoms with Crippen molar-refractivity contribution >= 4 is 11.8 Å². The smallest absolute Gasteiger partial charge is 0.242 e. The van der Waals surface area contributed by atoms with Crippen molar-refractivity contribution in [2.45, 2.75) is 44.7 Å². The van der Waals surface area contributed by atoms with E-state index in [1.807, 2.05) is 72.1 Å². The second kappa shape index (κ2) is 9.59. The Kier molecular flexibility index (Phi) is 6.91. The summed E-state index contributed by atoms with van der Waals surface area (Å²) in [5.74, 6) is -0.250. The maximum atomic E-state index is 13.3. The van der Waals surface area contributed by atoms with Gasteiger partial charge in [-0.3, -0.25) is 9.59 Å². The molecule has 1 aliphatic rings. The standard InChI is InChI=1S/C24H31N3O2/c1-4-15-26(24(29)22(5-2)19-10-7-6-8-11-19)18-23(28)27(20-13-14-20)17-21-12-9-16-25(21)3/h4,6-12,16,20,22H,1,5,13-15,17-18H2,2-3H3. The third-order valence-corrected chi connectivity index (χ3v) is 5.59. The summed E-state index contributed by atoms with van der Waals surface area (Å²) in [6.07, 6.45) is 6.45. The number of rotatable bonds is 10. The van der Waals surface area contributed by atoms with Crippen LogP contribution < -0.4 is 0 Å². The summed E-state index contributed by atoms with van der Waals surface area (Å²) in [5, 5.41) is 0. The van der Waals surface area contributed by atoms with Crippen LogP contribution in [0.5, 0.6) is 0 Å². The highest BCUT2D eigenvalue weighted by Gasteiger charge is 2.34. The van der Waals surface area contributed by atoms with Crippen LogP contribution in [0.1, 0.15) is 43.4 Å². The van der Waals surface area contributed by atoms with Crippen molar-refractivity contribution in [3.05, 3.63) is 72.6 Å². The normalized spacial score (nSPS) is 14.3. The number of aromatic nitrogens is 1. The predicted octanol–water partition coefficient (Wildman–Crippen LogP) is 3.72. The van der Waals surface area contributed by atoms with Crippen LogP contribution in [0.3, 0.4) is 0 Å². The van der Waals surface area contributed by atoms with E-state index in [0.29, 0.717) is 19.5 Å². The molecule has 29 heavy (non-hydrogen) atoms. The minimum Gasteiger partial charge on any atom is -0.353 e. The van der Waals surface area contributed by atoms with Gasteiger partial charge in [0.1, 0.15) is 6.54 Å². The quantitative estimate of drug-likeness (QED) is 0.578. The molecule has 1 saturated carbocycles. The van der Waals surface area contributed by atoms with Crippen molar-refractivity contribution in [1.29, 1.82) is 0 Å². The van der Waals surface area contributed by atoms with Crippen LogP contribution in [-0.2, 0) is 23.2 Å². The maximum Gasteiger partial charge on any atom is 0.242 e. The molecule has 5 heteroatoms. The number of amides is 2. The fraction of sp³-hybridized carbons (Fsp3) is 0.417. The Morgan fingerprint density at radius 3 is 2.48 bits per heavy atom. The Hall–Kier alpha value is -2.82. The molecule has 1 unspecified atom stereocenters. The summed E-state index contributed by atoms with van der Waals surface area (Å²) in [7, 11) is 1.99. The first-order valence-electron chi connectivity index (χ1n) is 10.4. The maximum absolute atomic E-state index is 13.3. The van der Waals surface area contributed by atoms with Crippen molar-refractivity contribution in [1.82, 2.24) is 14.4 Å². The molecule has 0 aliphatic heterocycles. The Balaban J connectivity index is 1.74. The van der Waals surface area contributed by atoms with Crippen LogP contribution in [0.15, 0.2) is 61.3 Å². The van der Waals surface area contributed by atoms with E-state index in [4.69, 9.17) is 0 Å². The highest BCUT2D eigenvalue weighted by atomic mass is 16.2. The van der Waals surface area contributed by atoms with Gasteiger partial charge in [-0.05, 0) is 37.0 Å². The molecule has 1 aliphatic carbocycles. The molecule has 1 atom stereocenters. The Morgan fingerprint density at radius 2 is 1.93 bits per heavy atom. The van der Waals surface area contributed by atoms with E-state index in [9.17, 15) is 9.59 Å². The Bertz CT molecular complexity index is 839. The zero-order valence-corrected chi connectivity index (χ0v) is 17.5. The minimum absolute atomic E-state index is 0.00631. The van der Waals surface area contributed by atoms with Gasteiger partial charge in [-0.2, -0.15) is 0 Å². The van der Waals surface area contributed by atoms with E-state index < -0.39 is 0 Å². The van der Waals surface area contributed by atoms with Crippen LogP contribution in [0.2, 0.25) is 0 Å². The molecule has 1 aromatic carbocycles. The van der Waals surface area contributed by atoms with Gasteiger partial charge >= 0.3 is 0 Å². The molecule has 1 aromatic heterocycles. The van der Waals surface area contributed by atoms with Gasteiger partial charge in [-0.1, -0.05) is 43.3 Å². The molecule has 0 saturated heterocycles. The van der Waals surface area contributed by atoms with Gasteiger partial charge in [0.05, 0.1) is 12.5 Å². The zero-order chi connectivity index (χ0) is 20.8. The first-order valence-corrected chi connectivity index (χ1v) is 10.4. The molecule has 0 N–H and O–H groups in total. The number of carbonyl (C=O) groups is 2. The monoisotopic (exact) mass is 393 g/mol. The van der Waals surface area contributed by atoms with Crippen molar-refractivity contribution in [3.8, 4) is 0 Å². The average molecular weight is 394 g/mol. The molecule has 154 valence electrons. The van der Waals surface area contributed by atoms with Crippen LogP contribution in [0.25, 0.3) is 0 Å². The third-order valence-electron chi connectivity index (χ3n) is 5.59. The lowest BCUT2D eigenvalue weighted by molar-refractivity contribution is -0.141. The van der Waals surface area contributed by atoms with Gasteiger partial charge < -0.3 is 14.4 Å². The minimum atomic E-state index is -0.244. The number of hydrogen-bond acceptors (Lipinski definition) is 2. The lowest BCUT2D eigenvalue weighted by Crippen LogP contribution is -2.45. The molecule has 5 nitrogen and oxygen atoms in total. The summed E-state index contributed by atoms with van der Waals surface area (Å²) in [6, 6.07) is 14.1. The molecule has 0 radical (unpaired) electrons. The third kappa shape index (κ3) is 5.17. The first kappa shape index (κ1) is 20.9. The molecule has 0 bridgehead atoms. The number of carbonyl (C=O) groups excluding carboxylic acids is 2. The van der Waals surface area contributed by atoms with Crippen molar-refractivity contribution in [2.24, 2.45) is 7.05 Å². The summed E-state index contributed by atoms with van der Waals surface area (Å²) < 4.78 is 2.04. The first-order chi connectivity index (χ1) is 14.0. The number of nitrogens with zero attached hydrogens (tertiary/aromatic N) is 3. The van der Waals surface area contributed by atoms with Crippen LogP contribution in [0, 0.1) is 0 Å². The number of hydrogen-bond donors (Lipinski definition) is 0.